The molecule has 28 heavy (non-hydrogen) atoms. The number of carbonyl (C=O) groups is 1. The molecule has 0 unspecified atom stereocenters. The van der Waals surface area contributed by atoms with E-state index in [1.807, 2.05) is 19.1 Å². The summed E-state index contributed by atoms with van der Waals surface area (Å²) in [6.07, 6.45) is 3.56. The van der Waals surface area contributed by atoms with Crippen molar-refractivity contribution in [2.75, 3.05) is 13.2 Å². The zero-order chi connectivity index (χ0) is 19.9. The van der Waals surface area contributed by atoms with Gasteiger partial charge in [-0.1, -0.05) is 13.3 Å². The Kier molecular flexibility index (Phi) is 6.32. The third-order valence-electron chi connectivity index (χ3n) is 4.09. The fourth-order valence-corrected chi connectivity index (χ4v) is 2.61. The number of unbranched alkanes of at least 4 members (excludes halogenated alkanes) is 1. The fraction of sp³-hybridized carbons (Fsp3) is 0.273. The van der Waals surface area contributed by atoms with Crippen LogP contribution in [0, 0.1) is 0 Å². The highest BCUT2D eigenvalue weighted by molar-refractivity contribution is 6.13. The second-order valence-electron chi connectivity index (χ2n) is 6.22. The maximum absolute atomic E-state index is 12.1. The zero-order valence-electron chi connectivity index (χ0n) is 16.0. The first kappa shape index (κ1) is 19.5. The van der Waals surface area contributed by atoms with E-state index in [1.54, 1.807) is 24.3 Å². The lowest BCUT2D eigenvalue weighted by atomic mass is 10.1. The first-order chi connectivity index (χ1) is 13.6. The van der Waals surface area contributed by atoms with Crippen molar-refractivity contribution in [2.24, 2.45) is 4.99 Å². The van der Waals surface area contributed by atoms with Crippen LogP contribution in [-0.4, -0.2) is 30.2 Å². The second kappa shape index (κ2) is 9.08. The SMILES string of the molecule is CCCCOc1ccc(C2=NC(=Cc3ccc(OCC)cc3O)C(=O)O2)cc1. The average Bonchev–Trinajstić information content (AvgIpc) is 3.05. The molecule has 1 aliphatic heterocycles. The van der Waals surface area contributed by atoms with Gasteiger partial charge in [-0.05, 0) is 55.8 Å². The summed E-state index contributed by atoms with van der Waals surface area (Å²) in [5.74, 6) is 0.982. The Hall–Kier alpha value is -3.28. The van der Waals surface area contributed by atoms with Crippen molar-refractivity contribution >= 4 is 17.9 Å². The number of hydrogen-bond donors (Lipinski definition) is 1. The van der Waals surface area contributed by atoms with Gasteiger partial charge in [-0.25, -0.2) is 9.79 Å². The highest BCUT2D eigenvalue weighted by atomic mass is 16.6. The first-order valence-corrected chi connectivity index (χ1v) is 9.32. The molecule has 6 nitrogen and oxygen atoms in total. The van der Waals surface area contributed by atoms with Crippen molar-refractivity contribution < 1.29 is 24.1 Å². The molecule has 146 valence electrons. The molecule has 0 bridgehead atoms. The lowest BCUT2D eigenvalue weighted by molar-refractivity contribution is -0.129. The number of nitrogens with zero attached hydrogens (tertiary/aromatic N) is 1. The van der Waals surface area contributed by atoms with Crippen LogP contribution < -0.4 is 9.47 Å². The molecule has 1 aliphatic rings. The molecular formula is C22H23NO5. The van der Waals surface area contributed by atoms with E-state index in [2.05, 4.69) is 11.9 Å². The molecule has 0 radical (unpaired) electrons. The average molecular weight is 381 g/mol. The molecule has 2 aromatic rings. The van der Waals surface area contributed by atoms with E-state index < -0.39 is 5.97 Å². The van der Waals surface area contributed by atoms with Gasteiger partial charge in [-0.15, -0.1) is 0 Å². The third kappa shape index (κ3) is 4.71. The van der Waals surface area contributed by atoms with Gasteiger partial charge in [0.05, 0.1) is 13.2 Å². The van der Waals surface area contributed by atoms with Crippen molar-refractivity contribution in [3.8, 4) is 17.2 Å². The molecule has 6 heteroatoms. The summed E-state index contributed by atoms with van der Waals surface area (Å²) < 4.78 is 16.2. The van der Waals surface area contributed by atoms with E-state index in [0.717, 1.165) is 18.6 Å². The molecule has 0 fully saturated rings. The number of ether oxygens (including phenoxy) is 3. The molecule has 2 aromatic carbocycles. The Morgan fingerprint density at radius 1 is 1.07 bits per heavy atom. The molecule has 0 saturated carbocycles. The highest BCUT2D eigenvalue weighted by Crippen LogP contribution is 2.28. The van der Waals surface area contributed by atoms with Crippen molar-refractivity contribution in [3.05, 3.63) is 59.3 Å². The standard InChI is InChI=1S/C22H23NO5/c1-3-5-12-27-17-9-6-15(7-10-17)21-23-19(22(25)28-21)13-16-8-11-18(26-4-2)14-20(16)24/h6-11,13-14,24H,3-5,12H2,1-2H3. The lowest BCUT2D eigenvalue weighted by Crippen LogP contribution is -2.05. The summed E-state index contributed by atoms with van der Waals surface area (Å²) >= 11 is 0. The molecular weight excluding hydrogens is 358 g/mol. The number of hydrogen-bond acceptors (Lipinski definition) is 6. The smallest absolute Gasteiger partial charge is 0.363 e. The monoisotopic (exact) mass is 381 g/mol. The van der Waals surface area contributed by atoms with Gasteiger partial charge in [0.2, 0.25) is 5.90 Å². The van der Waals surface area contributed by atoms with Crippen LogP contribution in [0.1, 0.15) is 37.8 Å². The molecule has 0 aliphatic carbocycles. The number of carbonyl (C=O) groups excluding carboxylic acids is 1. The minimum absolute atomic E-state index is 0.00322. The Morgan fingerprint density at radius 2 is 1.82 bits per heavy atom. The summed E-state index contributed by atoms with van der Waals surface area (Å²) in [4.78, 5) is 16.4. The van der Waals surface area contributed by atoms with Crippen LogP contribution in [0.4, 0.5) is 0 Å². The van der Waals surface area contributed by atoms with E-state index in [4.69, 9.17) is 14.2 Å². The van der Waals surface area contributed by atoms with Crippen LogP contribution in [0.2, 0.25) is 0 Å². The maximum Gasteiger partial charge on any atom is 0.363 e. The number of cyclic esters (lactones) is 1. The van der Waals surface area contributed by atoms with Crippen LogP contribution in [0.3, 0.4) is 0 Å². The topological polar surface area (TPSA) is 77.4 Å². The van der Waals surface area contributed by atoms with Crippen LogP contribution in [0.15, 0.2) is 53.2 Å². The Morgan fingerprint density at radius 3 is 2.50 bits per heavy atom. The second-order valence-corrected chi connectivity index (χ2v) is 6.22. The van der Waals surface area contributed by atoms with Crippen LogP contribution in [0.25, 0.3) is 6.08 Å². The van der Waals surface area contributed by atoms with Gasteiger partial charge in [0, 0.05) is 17.2 Å². The number of phenolic OH excluding ortho intramolecular Hbond substituents is 1. The van der Waals surface area contributed by atoms with Gasteiger partial charge in [0.1, 0.15) is 17.2 Å². The van der Waals surface area contributed by atoms with Gasteiger partial charge in [0.25, 0.3) is 0 Å². The van der Waals surface area contributed by atoms with Crippen LogP contribution in [0.5, 0.6) is 17.2 Å². The number of benzene rings is 2. The number of phenols is 1. The van der Waals surface area contributed by atoms with Gasteiger partial charge < -0.3 is 19.3 Å². The van der Waals surface area contributed by atoms with Gasteiger partial charge >= 0.3 is 5.97 Å². The predicted octanol–water partition coefficient (Wildman–Crippen LogP) is 4.31. The molecule has 0 aromatic heterocycles. The Labute approximate surface area is 164 Å². The van der Waals surface area contributed by atoms with E-state index in [1.165, 1.54) is 12.1 Å². The molecule has 0 amide bonds. The molecule has 1 N–H and O–H groups in total. The van der Waals surface area contributed by atoms with Crippen molar-refractivity contribution in [2.45, 2.75) is 26.7 Å². The van der Waals surface area contributed by atoms with Crippen molar-refractivity contribution in [3.63, 3.8) is 0 Å². The normalized spacial score (nSPS) is 14.7. The van der Waals surface area contributed by atoms with Crippen molar-refractivity contribution in [1.82, 2.24) is 0 Å². The zero-order valence-corrected chi connectivity index (χ0v) is 16.0. The van der Waals surface area contributed by atoms with Gasteiger partial charge in [-0.3, -0.25) is 0 Å². The molecule has 1 heterocycles. The van der Waals surface area contributed by atoms with Crippen LogP contribution >= 0.6 is 0 Å². The van der Waals surface area contributed by atoms with E-state index in [9.17, 15) is 9.90 Å². The number of aromatic hydroxyl groups is 1. The summed E-state index contributed by atoms with van der Waals surface area (Å²) in [6, 6.07) is 12.1. The Bertz CT molecular complexity index is 900. The molecule has 3 rings (SSSR count). The predicted molar refractivity (Wildman–Crippen MR) is 107 cm³/mol. The van der Waals surface area contributed by atoms with Crippen molar-refractivity contribution in [1.29, 1.82) is 0 Å². The largest absolute Gasteiger partial charge is 0.507 e. The minimum atomic E-state index is -0.563. The van der Waals surface area contributed by atoms with E-state index in [-0.39, 0.29) is 17.3 Å². The van der Waals surface area contributed by atoms with Gasteiger partial charge in [0.15, 0.2) is 5.70 Å². The Balaban J connectivity index is 1.76. The maximum atomic E-state index is 12.1. The molecule has 0 atom stereocenters. The summed E-state index contributed by atoms with van der Waals surface area (Å²) in [7, 11) is 0. The van der Waals surface area contributed by atoms with E-state index in [0.29, 0.717) is 30.1 Å². The lowest BCUT2D eigenvalue weighted by Gasteiger charge is -2.05. The summed E-state index contributed by atoms with van der Waals surface area (Å²) in [5, 5.41) is 10.1. The number of esters is 1. The number of rotatable bonds is 8. The quantitative estimate of drug-likeness (QED) is 0.419. The fourth-order valence-electron chi connectivity index (χ4n) is 2.61. The van der Waals surface area contributed by atoms with E-state index >= 15 is 0 Å². The van der Waals surface area contributed by atoms with Gasteiger partial charge in [-0.2, -0.15) is 0 Å². The first-order valence-electron chi connectivity index (χ1n) is 9.32. The molecule has 0 spiro atoms. The minimum Gasteiger partial charge on any atom is -0.507 e. The van der Waals surface area contributed by atoms with Crippen LogP contribution in [-0.2, 0) is 9.53 Å². The molecule has 0 saturated heterocycles. The third-order valence-corrected chi connectivity index (χ3v) is 4.09. The number of aliphatic imine (C=N–C) groups is 1. The summed E-state index contributed by atoms with van der Waals surface area (Å²) in [5.41, 5.74) is 1.26. The highest BCUT2D eigenvalue weighted by Gasteiger charge is 2.24. The summed E-state index contributed by atoms with van der Waals surface area (Å²) in [6.45, 7) is 5.14.